The summed E-state index contributed by atoms with van der Waals surface area (Å²) in [6.45, 7) is 9.14. The van der Waals surface area contributed by atoms with Crippen LogP contribution in [-0.4, -0.2) is 31.6 Å². The van der Waals surface area contributed by atoms with Crippen molar-refractivity contribution in [1.82, 2.24) is 10.2 Å². The molecule has 0 spiro atoms. The molecule has 1 unspecified atom stereocenters. The second-order valence-electron chi connectivity index (χ2n) is 5.75. The molecular formula is C14H24N2O. The minimum absolute atomic E-state index is 0.443. The van der Waals surface area contributed by atoms with Gasteiger partial charge in [-0.2, -0.15) is 0 Å². The summed E-state index contributed by atoms with van der Waals surface area (Å²) in [5.74, 6) is 0.726. The van der Waals surface area contributed by atoms with Crippen molar-refractivity contribution in [2.24, 2.45) is 11.3 Å². The van der Waals surface area contributed by atoms with Gasteiger partial charge in [-0.1, -0.05) is 13.8 Å². The monoisotopic (exact) mass is 236 g/mol. The van der Waals surface area contributed by atoms with Crippen LogP contribution < -0.4 is 5.32 Å². The van der Waals surface area contributed by atoms with Crippen LogP contribution in [0.25, 0.3) is 0 Å². The maximum atomic E-state index is 5.12. The fourth-order valence-corrected chi connectivity index (χ4v) is 2.86. The average molecular weight is 236 g/mol. The Labute approximate surface area is 104 Å². The molecule has 0 aromatic carbocycles. The Morgan fingerprint density at radius 3 is 2.88 bits per heavy atom. The molecule has 2 heterocycles. The topological polar surface area (TPSA) is 28.4 Å². The molecule has 1 N–H and O–H groups in total. The van der Waals surface area contributed by atoms with E-state index in [-0.39, 0.29) is 0 Å². The van der Waals surface area contributed by atoms with Crippen LogP contribution in [0.1, 0.15) is 25.8 Å². The van der Waals surface area contributed by atoms with Crippen LogP contribution in [0.3, 0.4) is 0 Å². The lowest BCUT2D eigenvalue weighted by molar-refractivity contribution is 0.131. The highest BCUT2D eigenvalue weighted by Gasteiger charge is 2.37. The molecule has 0 radical (unpaired) electrons. The lowest BCUT2D eigenvalue weighted by Gasteiger charge is -2.36. The Bertz CT molecular complexity index is 326. The van der Waals surface area contributed by atoms with Gasteiger partial charge >= 0.3 is 0 Å². The van der Waals surface area contributed by atoms with Gasteiger partial charge in [0.25, 0.3) is 0 Å². The van der Waals surface area contributed by atoms with Crippen molar-refractivity contribution in [3.8, 4) is 0 Å². The first kappa shape index (κ1) is 12.7. The van der Waals surface area contributed by atoms with Crippen molar-refractivity contribution >= 4 is 0 Å². The SMILES string of the molecule is CC(C)C1(CN(C)Cc2ccoc2)CCNC1. The fourth-order valence-electron chi connectivity index (χ4n) is 2.86. The third-order valence-electron chi connectivity index (χ3n) is 4.12. The first-order valence-corrected chi connectivity index (χ1v) is 6.53. The highest BCUT2D eigenvalue weighted by molar-refractivity contribution is 5.05. The molecule has 2 rings (SSSR count). The van der Waals surface area contributed by atoms with Gasteiger partial charge in [-0.3, -0.25) is 0 Å². The Kier molecular flexibility index (Phi) is 3.89. The van der Waals surface area contributed by atoms with Gasteiger partial charge < -0.3 is 14.6 Å². The summed E-state index contributed by atoms with van der Waals surface area (Å²) < 4.78 is 5.12. The third kappa shape index (κ3) is 2.90. The van der Waals surface area contributed by atoms with Gasteiger partial charge in [0.2, 0.25) is 0 Å². The molecule has 0 saturated carbocycles. The van der Waals surface area contributed by atoms with Crippen molar-refractivity contribution < 1.29 is 4.42 Å². The summed E-state index contributed by atoms with van der Waals surface area (Å²) in [6, 6.07) is 2.05. The third-order valence-corrected chi connectivity index (χ3v) is 4.12. The van der Waals surface area contributed by atoms with Crippen LogP contribution in [-0.2, 0) is 6.54 Å². The smallest absolute Gasteiger partial charge is 0.0947 e. The van der Waals surface area contributed by atoms with E-state index in [0.717, 1.165) is 32.1 Å². The first-order chi connectivity index (χ1) is 8.12. The van der Waals surface area contributed by atoms with Crippen molar-refractivity contribution in [2.75, 3.05) is 26.7 Å². The molecule has 1 aliphatic rings. The van der Waals surface area contributed by atoms with Crippen molar-refractivity contribution in [3.05, 3.63) is 24.2 Å². The zero-order chi connectivity index (χ0) is 12.3. The number of hydrogen-bond donors (Lipinski definition) is 1. The maximum Gasteiger partial charge on any atom is 0.0947 e. The molecule has 0 bridgehead atoms. The fraction of sp³-hybridized carbons (Fsp3) is 0.714. The highest BCUT2D eigenvalue weighted by Crippen LogP contribution is 2.34. The molecule has 1 fully saturated rings. The molecule has 1 aliphatic heterocycles. The number of nitrogens with zero attached hydrogens (tertiary/aromatic N) is 1. The van der Waals surface area contributed by atoms with Crippen molar-refractivity contribution in [2.45, 2.75) is 26.8 Å². The predicted octanol–water partition coefficient (Wildman–Crippen LogP) is 2.35. The molecule has 96 valence electrons. The van der Waals surface area contributed by atoms with Crippen LogP contribution in [0.5, 0.6) is 0 Å². The van der Waals surface area contributed by atoms with Crippen molar-refractivity contribution in [3.63, 3.8) is 0 Å². The lowest BCUT2D eigenvalue weighted by atomic mass is 9.76. The Morgan fingerprint density at radius 2 is 2.35 bits per heavy atom. The van der Waals surface area contributed by atoms with E-state index in [1.165, 1.54) is 12.0 Å². The predicted molar refractivity (Wildman–Crippen MR) is 69.8 cm³/mol. The maximum absolute atomic E-state index is 5.12. The van der Waals surface area contributed by atoms with E-state index < -0.39 is 0 Å². The van der Waals surface area contributed by atoms with E-state index in [1.54, 1.807) is 6.26 Å². The molecule has 0 aliphatic carbocycles. The Balaban J connectivity index is 1.94. The van der Waals surface area contributed by atoms with Gasteiger partial charge in [0.15, 0.2) is 0 Å². The van der Waals surface area contributed by atoms with E-state index in [0.29, 0.717) is 5.41 Å². The van der Waals surface area contributed by atoms with Gasteiger partial charge in [0.05, 0.1) is 12.5 Å². The molecule has 3 nitrogen and oxygen atoms in total. The summed E-state index contributed by atoms with van der Waals surface area (Å²) >= 11 is 0. The van der Waals surface area contributed by atoms with Gasteiger partial charge in [-0.25, -0.2) is 0 Å². The summed E-state index contributed by atoms with van der Waals surface area (Å²) in [5.41, 5.74) is 1.70. The number of nitrogens with one attached hydrogen (secondary N) is 1. The zero-order valence-electron chi connectivity index (χ0n) is 11.2. The molecule has 1 saturated heterocycles. The van der Waals surface area contributed by atoms with E-state index >= 15 is 0 Å². The number of rotatable bonds is 5. The van der Waals surface area contributed by atoms with Crippen LogP contribution in [0, 0.1) is 11.3 Å². The van der Waals surface area contributed by atoms with Gasteiger partial charge in [0, 0.05) is 25.2 Å². The molecule has 1 aromatic rings. The minimum Gasteiger partial charge on any atom is -0.472 e. The first-order valence-electron chi connectivity index (χ1n) is 6.53. The summed E-state index contributed by atoms with van der Waals surface area (Å²) in [7, 11) is 2.20. The quantitative estimate of drug-likeness (QED) is 0.850. The van der Waals surface area contributed by atoms with Crippen LogP contribution in [0.2, 0.25) is 0 Å². The standard InChI is InChI=1S/C14H24N2O/c1-12(2)14(5-6-15-10-14)11-16(3)8-13-4-7-17-9-13/h4,7,9,12,15H,5-6,8,10-11H2,1-3H3. The molecular weight excluding hydrogens is 212 g/mol. The normalized spacial score (nSPS) is 25.0. The van der Waals surface area contributed by atoms with Gasteiger partial charge in [-0.05, 0) is 37.4 Å². The summed E-state index contributed by atoms with van der Waals surface area (Å²) in [6.07, 6.45) is 4.88. The molecule has 3 heteroatoms. The number of hydrogen-bond acceptors (Lipinski definition) is 3. The van der Waals surface area contributed by atoms with Crippen molar-refractivity contribution in [1.29, 1.82) is 0 Å². The van der Waals surface area contributed by atoms with E-state index in [1.807, 2.05) is 12.3 Å². The Morgan fingerprint density at radius 1 is 1.53 bits per heavy atom. The van der Waals surface area contributed by atoms with Crippen LogP contribution in [0.15, 0.2) is 23.0 Å². The summed E-state index contributed by atoms with van der Waals surface area (Å²) in [4.78, 5) is 2.41. The molecule has 1 aromatic heterocycles. The van der Waals surface area contributed by atoms with Crippen LogP contribution in [0.4, 0.5) is 0 Å². The van der Waals surface area contributed by atoms with E-state index in [4.69, 9.17) is 4.42 Å². The zero-order valence-corrected chi connectivity index (χ0v) is 11.2. The summed E-state index contributed by atoms with van der Waals surface area (Å²) in [5, 5.41) is 3.51. The van der Waals surface area contributed by atoms with E-state index in [2.05, 4.69) is 31.1 Å². The van der Waals surface area contributed by atoms with E-state index in [9.17, 15) is 0 Å². The largest absolute Gasteiger partial charge is 0.472 e. The van der Waals surface area contributed by atoms with Crippen LogP contribution >= 0.6 is 0 Å². The lowest BCUT2D eigenvalue weighted by Crippen LogP contribution is -2.40. The van der Waals surface area contributed by atoms with Gasteiger partial charge in [-0.15, -0.1) is 0 Å². The molecule has 17 heavy (non-hydrogen) atoms. The molecule has 0 amide bonds. The average Bonchev–Trinajstić information content (AvgIpc) is 2.89. The Hall–Kier alpha value is -0.800. The second kappa shape index (κ2) is 5.23. The second-order valence-corrected chi connectivity index (χ2v) is 5.75. The van der Waals surface area contributed by atoms with Gasteiger partial charge in [0.1, 0.15) is 0 Å². The molecule has 1 atom stereocenters. The number of furan rings is 1. The highest BCUT2D eigenvalue weighted by atomic mass is 16.3. The minimum atomic E-state index is 0.443.